The zero-order valence-corrected chi connectivity index (χ0v) is 14.6. The Balaban J connectivity index is 1.53. The van der Waals surface area contributed by atoms with Gasteiger partial charge in [0.1, 0.15) is 11.0 Å². The first-order valence-corrected chi connectivity index (χ1v) is 8.87. The van der Waals surface area contributed by atoms with E-state index in [1.54, 1.807) is 0 Å². The van der Waals surface area contributed by atoms with Gasteiger partial charge in [-0.2, -0.15) is 8.75 Å². The van der Waals surface area contributed by atoms with Gasteiger partial charge in [0.25, 0.3) is 0 Å². The molecule has 2 aromatic rings. The second-order valence-corrected chi connectivity index (χ2v) is 8.77. The molecule has 1 N–H and O–H groups in total. The third kappa shape index (κ3) is 2.69. The molecular weight excluding hydrogens is 308 g/mol. The monoisotopic (exact) mass is 330 g/mol. The highest BCUT2D eigenvalue weighted by Crippen LogP contribution is 2.52. The van der Waals surface area contributed by atoms with Gasteiger partial charge in [0.15, 0.2) is 0 Å². The van der Waals surface area contributed by atoms with Gasteiger partial charge in [0.2, 0.25) is 0 Å². The number of carbonyl (C=O) groups is 1. The molecule has 5 nitrogen and oxygen atoms in total. The number of nitrogens with one attached hydrogen (secondary N) is 1. The average molecular weight is 330 g/mol. The van der Waals surface area contributed by atoms with Gasteiger partial charge in [-0.3, -0.25) is 0 Å². The molecule has 6 heteroatoms. The molecule has 0 radical (unpaired) electrons. The van der Waals surface area contributed by atoms with E-state index in [1.165, 1.54) is 18.1 Å². The van der Waals surface area contributed by atoms with E-state index in [0.29, 0.717) is 11.5 Å². The summed E-state index contributed by atoms with van der Waals surface area (Å²) in [5, 5.41) is 3.05. The van der Waals surface area contributed by atoms with Gasteiger partial charge in [-0.25, -0.2) is 4.79 Å². The van der Waals surface area contributed by atoms with Gasteiger partial charge in [0, 0.05) is 18.3 Å². The summed E-state index contributed by atoms with van der Waals surface area (Å²) in [6.45, 7) is 7.82. The molecule has 2 amide bonds. The van der Waals surface area contributed by atoms with E-state index in [-0.39, 0.29) is 11.4 Å². The summed E-state index contributed by atoms with van der Waals surface area (Å²) in [4.78, 5) is 14.8. The topological polar surface area (TPSA) is 58.1 Å². The quantitative estimate of drug-likeness (QED) is 0.855. The van der Waals surface area contributed by atoms with Crippen LogP contribution in [0, 0.1) is 10.8 Å². The van der Waals surface area contributed by atoms with Crippen LogP contribution < -0.4 is 5.32 Å². The van der Waals surface area contributed by atoms with Crippen LogP contribution in [0.15, 0.2) is 18.2 Å². The number of nitrogens with zero attached hydrogens (tertiary/aromatic N) is 3. The van der Waals surface area contributed by atoms with E-state index in [2.05, 4.69) is 34.8 Å². The maximum Gasteiger partial charge on any atom is 0.322 e. The van der Waals surface area contributed by atoms with Crippen LogP contribution >= 0.6 is 11.7 Å². The Morgan fingerprint density at radius 2 is 2.04 bits per heavy atom. The van der Waals surface area contributed by atoms with Crippen LogP contribution in [0.2, 0.25) is 0 Å². The Morgan fingerprint density at radius 1 is 1.26 bits per heavy atom. The fourth-order valence-corrected chi connectivity index (χ4v) is 5.27. The Bertz CT molecular complexity index is 771. The Labute approximate surface area is 140 Å². The zero-order chi connectivity index (χ0) is 16.2. The molecule has 2 atom stereocenters. The zero-order valence-electron chi connectivity index (χ0n) is 13.8. The standard InChI is InChI=1S/C17H22N4OS/c1-16(2)7-12-8-17(3,9-16)10-21(12)15(22)18-11-4-5-13-14(6-11)20-23-19-13/h4-6,12H,7-10H2,1-3H3,(H,18,22)/t12-,17-/m1/s1. The fraction of sp³-hybridized carbons (Fsp3) is 0.588. The first-order valence-electron chi connectivity index (χ1n) is 8.14. The first-order chi connectivity index (χ1) is 10.8. The number of anilines is 1. The van der Waals surface area contributed by atoms with E-state index >= 15 is 0 Å². The third-order valence-corrected chi connectivity index (χ3v) is 5.74. The predicted octanol–water partition coefficient (Wildman–Crippen LogP) is 4.12. The molecule has 1 aliphatic heterocycles. The lowest BCUT2D eigenvalue weighted by atomic mass is 9.65. The fourth-order valence-electron chi connectivity index (χ4n) is 4.75. The molecule has 1 aromatic carbocycles. The molecular formula is C17H22N4OS. The number of likely N-dealkylation sites (tertiary alicyclic amines) is 1. The van der Waals surface area contributed by atoms with E-state index in [9.17, 15) is 4.79 Å². The number of hydrogen-bond donors (Lipinski definition) is 1. The summed E-state index contributed by atoms with van der Waals surface area (Å²) in [6, 6.07) is 6.06. The number of rotatable bonds is 1. The van der Waals surface area contributed by atoms with Gasteiger partial charge in [-0.15, -0.1) is 0 Å². The summed E-state index contributed by atoms with van der Waals surface area (Å²) in [6.07, 6.45) is 3.40. The van der Waals surface area contributed by atoms with E-state index in [0.717, 1.165) is 36.1 Å². The van der Waals surface area contributed by atoms with Crippen LogP contribution in [0.1, 0.15) is 40.0 Å². The van der Waals surface area contributed by atoms with E-state index in [1.807, 2.05) is 23.1 Å². The minimum atomic E-state index is 0.0129. The largest absolute Gasteiger partial charge is 0.322 e. The minimum Gasteiger partial charge on any atom is -0.321 e. The van der Waals surface area contributed by atoms with Gasteiger partial charge in [-0.1, -0.05) is 20.8 Å². The maximum absolute atomic E-state index is 12.8. The molecule has 0 spiro atoms. The number of urea groups is 1. The predicted molar refractivity (Wildman–Crippen MR) is 92.7 cm³/mol. The SMILES string of the molecule is CC1(C)C[C@@H]2C[C@@](C)(CN2C(=O)Nc2ccc3nsnc3c2)C1. The van der Waals surface area contributed by atoms with Crippen molar-refractivity contribution >= 4 is 34.5 Å². The van der Waals surface area contributed by atoms with Gasteiger partial charge in [-0.05, 0) is 48.3 Å². The highest BCUT2D eigenvalue weighted by molar-refractivity contribution is 7.00. The lowest BCUT2D eigenvalue weighted by molar-refractivity contribution is 0.130. The van der Waals surface area contributed by atoms with Crippen LogP contribution in [-0.2, 0) is 0 Å². The molecule has 2 bridgehead atoms. The Kier molecular flexibility index (Phi) is 3.17. The molecule has 1 saturated heterocycles. The van der Waals surface area contributed by atoms with Crippen molar-refractivity contribution in [3.8, 4) is 0 Å². The second-order valence-electron chi connectivity index (χ2n) is 8.24. The second kappa shape index (κ2) is 4.90. The Hall–Kier alpha value is -1.69. The van der Waals surface area contributed by atoms with Crippen LogP contribution in [0.3, 0.4) is 0 Å². The van der Waals surface area contributed by atoms with Crippen LogP contribution in [0.5, 0.6) is 0 Å². The lowest BCUT2D eigenvalue weighted by Crippen LogP contribution is -2.40. The number of amides is 2. The highest BCUT2D eigenvalue weighted by Gasteiger charge is 2.50. The van der Waals surface area contributed by atoms with Crippen LogP contribution in [-0.4, -0.2) is 32.3 Å². The third-order valence-electron chi connectivity index (χ3n) is 5.18. The average Bonchev–Trinajstić information content (AvgIpc) is 2.99. The van der Waals surface area contributed by atoms with Crippen LogP contribution in [0.4, 0.5) is 10.5 Å². The van der Waals surface area contributed by atoms with Crippen molar-refractivity contribution in [3.05, 3.63) is 18.2 Å². The van der Waals surface area contributed by atoms with Crippen molar-refractivity contribution in [2.75, 3.05) is 11.9 Å². The Morgan fingerprint density at radius 3 is 2.87 bits per heavy atom. The smallest absolute Gasteiger partial charge is 0.321 e. The number of hydrogen-bond acceptors (Lipinski definition) is 4. The summed E-state index contributed by atoms with van der Waals surface area (Å²) < 4.78 is 8.43. The lowest BCUT2D eigenvalue weighted by Gasteiger charge is -2.39. The van der Waals surface area contributed by atoms with Crippen molar-refractivity contribution < 1.29 is 4.79 Å². The molecule has 1 saturated carbocycles. The molecule has 23 heavy (non-hydrogen) atoms. The van der Waals surface area contributed by atoms with Gasteiger partial charge >= 0.3 is 6.03 Å². The van der Waals surface area contributed by atoms with Crippen molar-refractivity contribution in [2.45, 2.75) is 46.1 Å². The molecule has 1 aromatic heterocycles. The van der Waals surface area contributed by atoms with Crippen molar-refractivity contribution in [3.63, 3.8) is 0 Å². The van der Waals surface area contributed by atoms with Crippen molar-refractivity contribution in [2.24, 2.45) is 10.8 Å². The summed E-state index contributed by atoms with van der Waals surface area (Å²) in [7, 11) is 0. The van der Waals surface area contributed by atoms with E-state index in [4.69, 9.17) is 0 Å². The molecule has 2 heterocycles. The van der Waals surface area contributed by atoms with Gasteiger partial charge < -0.3 is 10.2 Å². The molecule has 4 rings (SSSR count). The molecule has 122 valence electrons. The number of benzene rings is 1. The van der Waals surface area contributed by atoms with E-state index < -0.39 is 0 Å². The molecule has 1 aliphatic carbocycles. The van der Waals surface area contributed by atoms with Crippen LogP contribution in [0.25, 0.3) is 11.0 Å². The maximum atomic E-state index is 12.8. The minimum absolute atomic E-state index is 0.0129. The van der Waals surface area contributed by atoms with Crippen molar-refractivity contribution in [1.82, 2.24) is 13.6 Å². The normalized spacial score (nSPS) is 29.0. The summed E-state index contributed by atoms with van der Waals surface area (Å²) in [5.74, 6) is 0. The first kappa shape index (κ1) is 14.9. The highest BCUT2D eigenvalue weighted by atomic mass is 32.1. The molecule has 0 unspecified atom stereocenters. The number of aromatic nitrogens is 2. The summed E-state index contributed by atoms with van der Waals surface area (Å²) in [5.41, 5.74) is 3.08. The molecule has 2 fully saturated rings. The van der Waals surface area contributed by atoms with Gasteiger partial charge in [0.05, 0.1) is 11.7 Å². The van der Waals surface area contributed by atoms with Crippen molar-refractivity contribution in [1.29, 1.82) is 0 Å². The number of carbonyl (C=O) groups excluding carboxylic acids is 1. The molecule has 2 aliphatic rings. The summed E-state index contributed by atoms with van der Waals surface area (Å²) >= 11 is 1.19. The number of fused-ring (bicyclic) bond motifs is 3.